The van der Waals surface area contributed by atoms with Crippen LogP contribution in [0.1, 0.15) is 63.8 Å². The van der Waals surface area contributed by atoms with Crippen LogP contribution in [0.4, 0.5) is 34.3 Å². The van der Waals surface area contributed by atoms with Gasteiger partial charge in [0.1, 0.15) is 5.58 Å². The third kappa shape index (κ3) is 5.92. The van der Waals surface area contributed by atoms with Gasteiger partial charge in [-0.05, 0) is 134 Å². The van der Waals surface area contributed by atoms with E-state index in [-0.39, 0.29) is 17.5 Å². The fourth-order valence-corrected chi connectivity index (χ4v) is 12.5. The minimum Gasteiger partial charge on any atom is -0.440 e. The summed E-state index contributed by atoms with van der Waals surface area (Å²) in [5, 5.41) is 8.41. The van der Waals surface area contributed by atoms with Crippen molar-refractivity contribution >= 4 is 111 Å². The highest BCUT2D eigenvalue weighted by Gasteiger charge is 2.47. The maximum Gasteiger partial charge on any atom is 0.257 e. The fraction of sp³-hybridized carbons (Fsp3) is 0.172. The topological polar surface area (TPSA) is 19.6 Å². The Bertz CT molecular complexity index is 3500. The summed E-state index contributed by atoms with van der Waals surface area (Å²) in [6, 6.07) is 52.6. The maximum absolute atomic E-state index is 7.27. The highest BCUT2D eigenvalue weighted by molar-refractivity contribution is 7.18. The number of hydrogen-bond donors (Lipinski definition) is 0. The molecule has 0 radical (unpaired) electrons. The number of thiophene rings is 2. The predicted molar refractivity (Wildman–Crippen MR) is 279 cm³/mol. The Morgan fingerprint density at radius 2 is 1.09 bits per heavy atom. The molecular formula is C58H49BN2OS2. The van der Waals surface area contributed by atoms with Crippen molar-refractivity contribution in [1.29, 1.82) is 0 Å². The van der Waals surface area contributed by atoms with Crippen molar-refractivity contribution in [2.24, 2.45) is 0 Å². The van der Waals surface area contributed by atoms with Gasteiger partial charge in [0.05, 0.1) is 5.69 Å². The van der Waals surface area contributed by atoms with Crippen molar-refractivity contribution in [3.05, 3.63) is 173 Å². The molecule has 64 heavy (non-hydrogen) atoms. The van der Waals surface area contributed by atoms with Gasteiger partial charge >= 0.3 is 0 Å². The molecule has 0 saturated carbocycles. The summed E-state index contributed by atoms with van der Waals surface area (Å²) in [5.74, 6) is 0.906. The smallest absolute Gasteiger partial charge is 0.257 e. The first-order valence-corrected chi connectivity index (χ1v) is 24.2. The maximum atomic E-state index is 7.27. The SMILES string of the molecule is Cc1cc(C(C)(C)C)cc(C)c1N1c2cccc3c2B(c2cc(-c4csc5ccccc45)ccc2N3c2ccc(-c3csc4ccccc34)cc2)c2c1oc1ccc(C(C)(C)C)cc21. The van der Waals surface area contributed by atoms with Gasteiger partial charge in [-0.1, -0.05) is 126 Å². The Hall–Kier alpha value is -6.34. The van der Waals surface area contributed by atoms with Gasteiger partial charge in [-0.3, -0.25) is 4.90 Å². The Balaban J connectivity index is 1.15. The molecule has 0 fully saturated rings. The predicted octanol–water partition coefficient (Wildman–Crippen LogP) is 15.5. The highest BCUT2D eigenvalue weighted by Crippen LogP contribution is 2.49. The Morgan fingerprint density at radius 3 is 1.73 bits per heavy atom. The van der Waals surface area contributed by atoms with E-state index in [0.717, 1.165) is 22.8 Å². The molecule has 0 atom stereocenters. The minimum atomic E-state index is -0.0871. The number of anilines is 6. The van der Waals surface area contributed by atoms with Gasteiger partial charge < -0.3 is 9.32 Å². The second kappa shape index (κ2) is 14.1. The molecule has 0 amide bonds. The fourth-order valence-electron chi connectivity index (χ4n) is 10.5. The summed E-state index contributed by atoms with van der Waals surface area (Å²) >= 11 is 3.63. The molecule has 3 nitrogen and oxygen atoms in total. The summed E-state index contributed by atoms with van der Waals surface area (Å²) in [7, 11) is 0. The second-order valence-electron chi connectivity index (χ2n) is 19.9. The highest BCUT2D eigenvalue weighted by atomic mass is 32.1. The molecule has 0 aliphatic carbocycles. The number of hydrogen-bond acceptors (Lipinski definition) is 5. The van der Waals surface area contributed by atoms with Crippen molar-refractivity contribution in [1.82, 2.24) is 0 Å². The van der Waals surface area contributed by atoms with Crippen molar-refractivity contribution < 1.29 is 4.42 Å². The van der Waals surface area contributed by atoms with Crippen molar-refractivity contribution in [3.63, 3.8) is 0 Å². The molecule has 5 heterocycles. The summed E-state index contributed by atoms with van der Waals surface area (Å²) in [4.78, 5) is 4.98. The molecule has 0 unspecified atom stereocenters. The second-order valence-corrected chi connectivity index (χ2v) is 21.7. The van der Waals surface area contributed by atoms with E-state index in [4.69, 9.17) is 4.42 Å². The summed E-state index contributed by atoms with van der Waals surface area (Å²) in [6.07, 6.45) is 0. The molecule has 6 heteroatoms. The van der Waals surface area contributed by atoms with E-state index in [1.165, 1.54) is 104 Å². The van der Waals surface area contributed by atoms with Crippen LogP contribution in [0.5, 0.6) is 0 Å². The summed E-state index contributed by atoms with van der Waals surface area (Å²) < 4.78 is 9.88. The van der Waals surface area contributed by atoms with E-state index < -0.39 is 0 Å². The van der Waals surface area contributed by atoms with Crippen LogP contribution < -0.4 is 26.2 Å². The van der Waals surface area contributed by atoms with Crippen LogP contribution in [0.25, 0.3) is 53.4 Å². The molecule has 3 aromatic heterocycles. The summed E-state index contributed by atoms with van der Waals surface area (Å²) in [5.41, 5.74) is 20.7. The van der Waals surface area contributed by atoms with Gasteiger partial charge in [0.2, 0.25) is 5.88 Å². The van der Waals surface area contributed by atoms with E-state index in [9.17, 15) is 0 Å². The number of furan rings is 1. The van der Waals surface area contributed by atoms with Crippen molar-refractivity contribution in [2.45, 2.75) is 66.2 Å². The van der Waals surface area contributed by atoms with E-state index in [1.807, 2.05) is 22.7 Å². The molecule has 12 rings (SSSR count). The van der Waals surface area contributed by atoms with Crippen LogP contribution in [-0.4, -0.2) is 6.71 Å². The van der Waals surface area contributed by atoms with Gasteiger partial charge in [0.15, 0.2) is 0 Å². The van der Waals surface area contributed by atoms with Gasteiger partial charge in [0.25, 0.3) is 6.71 Å². The Labute approximate surface area is 384 Å². The van der Waals surface area contributed by atoms with E-state index in [2.05, 4.69) is 215 Å². The van der Waals surface area contributed by atoms with Crippen LogP contribution in [0.15, 0.2) is 155 Å². The van der Waals surface area contributed by atoms with Crippen LogP contribution in [0.2, 0.25) is 0 Å². The first kappa shape index (κ1) is 39.3. The molecule has 0 spiro atoms. The zero-order chi connectivity index (χ0) is 43.8. The number of benzene rings is 7. The average molecular weight is 865 g/mol. The molecule has 7 aromatic carbocycles. The molecule has 2 aliphatic heterocycles. The average Bonchev–Trinajstić information content (AvgIpc) is 4.02. The monoisotopic (exact) mass is 864 g/mol. The lowest BCUT2D eigenvalue weighted by atomic mass is 9.33. The van der Waals surface area contributed by atoms with Gasteiger partial charge in [-0.15, -0.1) is 22.7 Å². The zero-order valence-corrected chi connectivity index (χ0v) is 39.3. The first-order chi connectivity index (χ1) is 30.8. The van der Waals surface area contributed by atoms with Gasteiger partial charge in [-0.2, -0.15) is 0 Å². The van der Waals surface area contributed by atoms with Crippen LogP contribution in [0, 0.1) is 13.8 Å². The standard InChI is InChI=1S/C58H49BN2OS2/c1-34-28-39(58(6,7)8)29-35(2)55(34)61-49-17-13-16-48-54(49)59(53-43-31-38(57(3,4)5)23-27-50(43)62-56(53)61)46-30-37(45-33-64-52-19-12-10-15-42(45)52)22-26-47(46)60(48)40-24-20-36(21-25-40)44-32-63-51-18-11-9-14-41(44)51/h9-33H,1-8H3. The van der Waals surface area contributed by atoms with E-state index in [0.29, 0.717) is 0 Å². The largest absolute Gasteiger partial charge is 0.440 e. The number of rotatable bonds is 4. The zero-order valence-electron chi connectivity index (χ0n) is 37.6. The molecule has 0 N–H and O–H groups in total. The molecule has 10 aromatic rings. The molecule has 312 valence electrons. The molecular weight excluding hydrogens is 816 g/mol. The number of fused-ring (bicyclic) bond motifs is 8. The quantitative estimate of drug-likeness (QED) is 0.164. The normalized spacial score (nSPS) is 13.5. The molecule has 0 saturated heterocycles. The van der Waals surface area contributed by atoms with E-state index >= 15 is 0 Å². The molecule has 0 bridgehead atoms. The van der Waals surface area contributed by atoms with Crippen LogP contribution in [0.3, 0.4) is 0 Å². The van der Waals surface area contributed by atoms with Crippen LogP contribution >= 0.6 is 22.7 Å². The Morgan fingerprint density at radius 1 is 0.500 bits per heavy atom. The lowest BCUT2D eigenvalue weighted by Crippen LogP contribution is -2.61. The Kier molecular flexibility index (Phi) is 8.64. The third-order valence-corrected chi connectivity index (χ3v) is 15.7. The first-order valence-electron chi connectivity index (χ1n) is 22.4. The van der Waals surface area contributed by atoms with Gasteiger partial charge in [-0.25, -0.2) is 0 Å². The lowest BCUT2D eigenvalue weighted by Gasteiger charge is -2.43. The van der Waals surface area contributed by atoms with Crippen molar-refractivity contribution in [3.8, 4) is 22.3 Å². The van der Waals surface area contributed by atoms with Crippen molar-refractivity contribution in [2.75, 3.05) is 9.80 Å². The molecule has 2 aliphatic rings. The van der Waals surface area contributed by atoms with Gasteiger partial charge in [0, 0.05) is 64.9 Å². The summed E-state index contributed by atoms with van der Waals surface area (Å²) in [6.45, 7) is 18.3. The lowest BCUT2D eigenvalue weighted by molar-refractivity contribution is 0.589. The number of nitrogens with zero attached hydrogens (tertiary/aromatic N) is 2. The number of aryl methyl sites for hydroxylation is 2. The van der Waals surface area contributed by atoms with Crippen LogP contribution in [-0.2, 0) is 10.8 Å². The minimum absolute atomic E-state index is 0.0165. The van der Waals surface area contributed by atoms with E-state index in [1.54, 1.807) is 0 Å². The third-order valence-electron chi connectivity index (χ3n) is 13.8.